The first-order valence-electron chi connectivity index (χ1n) is 7.73. The Hall–Kier alpha value is -2.08. The Labute approximate surface area is 130 Å². The summed E-state index contributed by atoms with van der Waals surface area (Å²) in [7, 11) is 0. The molecule has 6 nitrogen and oxygen atoms in total. The molecule has 1 aliphatic heterocycles. The van der Waals surface area contributed by atoms with E-state index in [2.05, 4.69) is 22.9 Å². The smallest absolute Gasteiger partial charge is 0.237 e. The van der Waals surface area contributed by atoms with Crippen LogP contribution in [0.4, 0.5) is 5.69 Å². The molecule has 0 aliphatic carbocycles. The van der Waals surface area contributed by atoms with Crippen molar-refractivity contribution in [3.63, 3.8) is 0 Å². The van der Waals surface area contributed by atoms with Gasteiger partial charge in [0.05, 0.1) is 19.1 Å². The van der Waals surface area contributed by atoms with Crippen LogP contribution < -0.4 is 20.7 Å². The zero-order chi connectivity index (χ0) is 15.8. The quantitative estimate of drug-likeness (QED) is 0.663. The number of hydrogen-bond acceptors (Lipinski definition) is 4. The maximum absolute atomic E-state index is 12.0. The van der Waals surface area contributed by atoms with Crippen molar-refractivity contribution in [2.75, 3.05) is 25.0 Å². The third-order valence-electron chi connectivity index (χ3n) is 3.43. The number of carbonyl (C=O) groups is 2. The Morgan fingerprint density at radius 3 is 2.77 bits per heavy atom. The summed E-state index contributed by atoms with van der Waals surface area (Å²) in [5, 5.41) is 8.56. The highest BCUT2D eigenvalue weighted by Crippen LogP contribution is 2.16. The van der Waals surface area contributed by atoms with Crippen molar-refractivity contribution in [1.29, 1.82) is 0 Å². The van der Waals surface area contributed by atoms with E-state index in [1.54, 1.807) is 12.1 Å². The molecule has 0 saturated carbocycles. The first kappa shape index (κ1) is 16.3. The molecule has 0 bridgehead atoms. The number of anilines is 1. The molecule has 1 heterocycles. The zero-order valence-electron chi connectivity index (χ0n) is 12.9. The Morgan fingerprint density at radius 2 is 2.09 bits per heavy atom. The summed E-state index contributed by atoms with van der Waals surface area (Å²) in [5.41, 5.74) is 0.698. The van der Waals surface area contributed by atoms with Gasteiger partial charge in [0.1, 0.15) is 5.75 Å². The number of carbonyl (C=O) groups excluding carboxylic acids is 2. The summed E-state index contributed by atoms with van der Waals surface area (Å²) in [5.74, 6) is 0.482. The minimum absolute atomic E-state index is 0.124. The van der Waals surface area contributed by atoms with Gasteiger partial charge < -0.3 is 20.7 Å². The number of rotatable bonds is 7. The van der Waals surface area contributed by atoms with E-state index in [-0.39, 0.29) is 18.2 Å². The second kappa shape index (κ2) is 8.38. The molecule has 2 rings (SSSR count). The number of benzene rings is 1. The largest absolute Gasteiger partial charge is 0.494 e. The van der Waals surface area contributed by atoms with Crippen LogP contribution in [-0.4, -0.2) is 37.6 Å². The van der Waals surface area contributed by atoms with Gasteiger partial charge in [0, 0.05) is 18.8 Å². The number of amides is 2. The van der Waals surface area contributed by atoms with Gasteiger partial charge in [0.25, 0.3) is 0 Å². The molecular weight excluding hydrogens is 282 g/mol. The van der Waals surface area contributed by atoms with Crippen molar-refractivity contribution in [3.05, 3.63) is 24.3 Å². The number of ether oxygens (including phenoxy) is 1. The maximum atomic E-state index is 12.0. The van der Waals surface area contributed by atoms with E-state index in [9.17, 15) is 9.59 Å². The van der Waals surface area contributed by atoms with Gasteiger partial charge in [-0.1, -0.05) is 13.3 Å². The lowest BCUT2D eigenvalue weighted by Gasteiger charge is -2.22. The molecule has 1 fully saturated rings. The first-order valence-corrected chi connectivity index (χ1v) is 7.73. The summed E-state index contributed by atoms with van der Waals surface area (Å²) < 4.78 is 5.57. The van der Waals surface area contributed by atoms with Gasteiger partial charge >= 0.3 is 0 Å². The van der Waals surface area contributed by atoms with Crippen molar-refractivity contribution in [2.45, 2.75) is 32.2 Å². The molecular formula is C16H23N3O3. The monoisotopic (exact) mass is 305 g/mol. The second-order valence-corrected chi connectivity index (χ2v) is 5.28. The molecule has 1 saturated heterocycles. The van der Waals surface area contributed by atoms with E-state index in [0.717, 1.165) is 18.6 Å². The fraction of sp³-hybridized carbons (Fsp3) is 0.500. The van der Waals surface area contributed by atoms with E-state index in [1.807, 2.05) is 12.1 Å². The Kier molecular flexibility index (Phi) is 6.21. The van der Waals surface area contributed by atoms with E-state index < -0.39 is 6.04 Å². The maximum Gasteiger partial charge on any atom is 0.237 e. The molecule has 22 heavy (non-hydrogen) atoms. The molecule has 0 aromatic heterocycles. The minimum atomic E-state index is -0.453. The zero-order valence-corrected chi connectivity index (χ0v) is 12.9. The standard InChI is InChI=1S/C16H23N3O3/c1-2-3-10-22-13-6-4-12(5-7-13)19-15(20)11-14-16(21)18-9-8-17-14/h4-7,14,17H,2-3,8-11H2,1H3,(H,18,21)(H,19,20). The van der Waals surface area contributed by atoms with Gasteiger partial charge in [-0.25, -0.2) is 0 Å². The van der Waals surface area contributed by atoms with Crippen LogP contribution in [-0.2, 0) is 9.59 Å². The molecule has 1 aromatic rings. The summed E-state index contributed by atoms with van der Waals surface area (Å²) >= 11 is 0. The van der Waals surface area contributed by atoms with Crippen molar-refractivity contribution >= 4 is 17.5 Å². The van der Waals surface area contributed by atoms with E-state index in [4.69, 9.17) is 4.74 Å². The van der Waals surface area contributed by atoms with Gasteiger partial charge in [-0.05, 0) is 30.7 Å². The van der Waals surface area contributed by atoms with Gasteiger partial charge in [0.2, 0.25) is 11.8 Å². The third-order valence-corrected chi connectivity index (χ3v) is 3.43. The van der Waals surface area contributed by atoms with Crippen molar-refractivity contribution in [3.8, 4) is 5.75 Å². The molecule has 120 valence electrons. The van der Waals surface area contributed by atoms with Crippen LogP contribution in [0.2, 0.25) is 0 Å². The van der Waals surface area contributed by atoms with Gasteiger partial charge in [-0.15, -0.1) is 0 Å². The Bertz CT molecular complexity index is 502. The topological polar surface area (TPSA) is 79.5 Å². The van der Waals surface area contributed by atoms with Gasteiger partial charge in [-0.3, -0.25) is 9.59 Å². The lowest BCUT2D eigenvalue weighted by Crippen LogP contribution is -2.53. The highest BCUT2D eigenvalue weighted by molar-refractivity contribution is 5.95. The lowest BCUT2D eigenvalue weighted by atomic mass is 10.1. The second-order valence-electron chi connectivity index (χ2n) is 5.28. The highest BCUT2D eigenvalue weighted by Gasteiger charge is 2.23. The third kappa shape index (κ3) is 5.04. The van der Waals surface area contributed by atoms with Crippen LogP contribution in [0.3, 0.4) is 0 Å². The van der Waals surface area contributed by atoms with Crippen LogP contribution in [0.5, 0.6) is 5.75 Å². The molecule has 1 aromatic carbocycles. The predicted octanol–water partition coefficient (Wildman–Crippen LogP) is 1.28. The fourth-order valence-corrected chi connectivity index (χ4v) is 2.18. The molecule has 6 heteroatoms. The minimum Gasteiger partial charge on any atom is -0.494 e. The van der Waals surface area contributed by atoms with E-state index in [0.29, 0.717) is 25.4 Å². The highest BCUT2D eigenvalue weighted by atomic mass is 16.5. The molecule has 2 amide bonds. The normalized spacial score (nSPS) is 17.7. The molecule has 3 N–H and O–H groups in total. The van der Waals surface area contributed by atoms with Crippen LogP contribution >= 0.6 is 0 Å². The molecule has 1 atom stereocenters. The SMILES string of the molecule is CCCCOc1ccc(NC(=O)CC2NCCNC2=O)cc1. The Balaban J connectivity index is 1.79. The molecule has 0 spiro atoms. The first-order chi connectivity index (χ1) is 10.7. The Morgan fingerprint density at radius 1 is 1.32 bits per heavy atom. The molecule has 1 aliphatic rings. The number of nitrogens with one attached hydrogen (secondary N) is 3. The number of hydrogen-bond donors (Lipinski definition) is 3. The van der Waals surface area contributed by atoms with E-state index >= 15 is 0 Å². The van der Waals surface area contributed by atoms with Crippen LogP contribution in [0.25, 0.3) is 0 Å². The summed E-state index contributed by atoms with van der Waals surface area (Å²) in [6.07, 6.45) is 2.24. The summed E-state index contributed by atoms with van der Waals surface area (Å²) in [6, 6.07) is 6.81. The summed E-state index contributed by atoms with van der Waals surface area (Å²) in [6.45, 7) is 4.11. The predicted molar refractivity (Wildman–Crippen MR) is 84.9 cm³/mol. The van der Waals surface area contributed by atoms with Gasteiger partial charge in [0.15, 0.2) is 0 Å². The number of piperazine rings is 1. The van der Waals surface area contributed by atoms with Crippen LogP contribution in [0, 0.1) is 0 Å². The number of unbranched alkanes of at least 4 members (excludes halogenated alkanes) is 1. The van der Waals surface area contributed by atoms with Crippen molar-refractivity contribution in [1.82, 2.24) is 10.6 Å². The van der Waals surface area contributed by atoms with Gasteiger partial charge in [-0.2, -0.15) is 0 Å². The molecule has 1 unspecified atom stereocenters. The van der Waals surface area contributed by atoms with Crippen molar-refractivity contribution < 1.29 is 14.3 Å². The summed E-state index contributed by atoms with van der Waals surface area (Å²) in [4.78, 5) is 23.5. The fourth-order valence-electron chi connectivity index (χ4n) is 2.18. The van der Waals surface area contributed by atoms with Crippen LogP contribution in [0.1, 0.15) is 26.2 Å². The lowest BCUT2D eigenvalue weighted by molar-refractivity contribution is -0.127. The van der Waals surface area contributed by atoms with Crippen LogP contribution in [0.15, 0.2) is 24.3 Å². The van der Waals surface area contributed by atoms with E-state index in [1.165, 1.54) is 0 Å². The average molecular weight is 305 g/mol. The molecule has 0 radical (unpaired) electrons. The average Bonchev–Trinajstić information content (AvgIpc) is 2.51. The van der Waals surface area contributed by atoms with Crippen molar-refractivity contribution in [2.24, 2.45) is 0 Å².